The standard InChI is InChI=1S/C18H14N6O2/c25-18(15-2-1-9-26-15)23-14-5-3-13(4-6-14)22-16-10-17(21-11-20-16)24-8-7-19-12-24/h1-12H,(H,23,25)(H,20,21,22). The van der Waals surface area contributed by atoms with Crippen molar-refractivity contribution in [2.45, 2.75) is 0 Å². The van der Waals surface area contributed by atoms with E-state index in [-0.39, 0.29) is 11.7 Å². The first-order chi connectivity index (χ1) is 12.8. The third-order valence-electron chi connectivity index (χ3n) is 3.58. The largest absolute Gasteiger partial charge is 0.459 e. The summed E-state index contributed by atoms with van der Waals surface area (Å²) in [7, 11) is 0. The van der Waals surface area contributed by atoms with E-state index in [1.807, 2.05) is 24.4 Å². The molecule has 8 nitrogen and oxygen atoms in total. The fraction of sp³-hybridized carbons (Fsp3) is 0. The Bertz CT molecular complexity index is 995. The second kappa shape index (κ2) is 6.89. The van der Waals surface area contributed by atoms with Gasteiger partial charge in [0.05, 0.1) is 6.26 Å². The molecule has 8 heteroatoms. The number of hydrogen-bond donors (Lipinski definition) is 2. The average molecular weight is 346 g/mol. The maximum atomic E-state index is 12.0. The lowest BCUT2D eigenvalue weighted by molar-refractivity contribution is 0.0996. The van der Waals surface area contributed by atoms with Gasteiger partial charge in [-0.1, -0.05) is 0 Å². The summed E-state index contributed by atoms with van der Waals surface area (Å²) in [5.41, 5.74) is 1.50. The summed E-state index contributed by atoms with van der Waals surface area (Å²) in [5, 5.41) is 5.96. The zero-order valence-electron chi connectivity index (χ0n) is 13.5. The molecule has 0 aliphatic heterocycles. The Kier molecular flexibility index (Phi) is 4.13. The van der Waals surface area contributed by atoms with Crippen molar-refractivity contribution in [3.63, 3.8) is 0 Å². The molecule has 0 unspecified atom stereocenters. The van der Waals surface area contributed by atoms with Crippen LogP contribution in [0.15, 0.2) is 78.2 Å². The van der Waals surface area contributed by atoms with E-state index in [9.17, 15) is 4.79 Å². The highest BCUT2D eigenvalue weighted by atomic mass is 16.3. The first-order valence-corrected chi connectivity index (χ1v) is 7.80. The Balaban J connectivity index is 1.44. The summed E-state index contributed by atoms with van der Waals surface area (Å²) >= 11 is 0. The topological polar surface area (TPSA) is 97.9 Å². The van der Waals surface area contributed by atoms with Crippen LogP contribution in [-0.4, -0.2) is 25.4 Å². The minimum atomic E-state index is -0.295. The molecule has 128 valence electrons. The van der Waals surface area contributed by atoms with E-state index < -0.39 is 0 Å². The molecule has 3 aromatic heterocycles. The molecular formula is C18H14N6O2. The molecule has 4 rings (SSSR count). The fourth-order valence-electron chi connectivity index (χ4n) is 2.34. The molecule has 0 radical (unpaired) electrons. The van der Waals surface area contributed by atoms with E-state index in [4.69, 9.17) is 4.42 Å². The summed E-state index contributed by atoms with van der Waals surface area (Å²) in [6, 6.07) is 12.4. The minimum absolute atomic E-state index is 0.264. The second-order valence-electron chi connectivity index (χ2n) is 5.37. The van der Waals surface area contributed by atoms with Gasteiger partial charge in [0.1, 0.15) is 24.3 Å². The molecule has 3 heterocycles. The summed E-state index contributed by atoms with van der Waals surface area (Å²) in [5.74, 6) is 1.33. The summed E-state index contributed by atoms with van der Waals surface area (Å²) in [6.07, 6.45) is 8.10. The number of rotatable bonds is 5. The van der Waals surface area contributed by atoms with Crippen molar-refractivity contribution in [1.82, 2.24) is 19.5 Å². The van der Waals surface area contributed by atoms with Gasteiger partial charge in [-0.2, -0.15) is 0 Å². The molecule has 0 aliphatic rings. The number of nitrogens with zero attached hydrogens (tertiary/aromatic N) is 4. The Morgan fingerprint density at radius 2 is 1.92 bits per heavy atom. The number of carbonyl (C=O) groups is 1. The maximum absolute atomic E-state index is 12.0. The highest BCUT2D eigenvalue weighted by Gasteiger charge is 2.08. The Morgan fingerprint density at radius 1 is 1.08 bits per heavy atom. The monoisotopic (exact) mass is 346 g/mol. The number of aromatic nitrogens is 4. The molecule has 1 amide bonds. The summed E-state index contributed by atoms with van der Waals surface area (Å²) in [4.78, 5) is 24.4. The van der Waals surface area contributed by atoms with E-state index in [2.05, 4.69) is 25.6 Å². The Labute approximate surface area is 148 Å². The van der Waals surface area contributed by atoms with Crippen LogP contribution in [0.25, 0.3) is 5.82 Å². The summed E-state index contributed by atoms with van der Waals surface area (Å²) in [6.45, 7) is 0. The molecule has 4 aromatic rings. The van der Waals surface area contributed by atoms with Gasteiger partial charge in [0, 0.05) is 29.8 Å². The lowest BCUT2D eigenvalue weighted by atomic mass is 10.2. The van der Waals surface area contributed by atoms with Crippen molar-refractivity contribution < 1.29 is 9.21 Å². The van der Waals surface area contributed by atoms with Crippen molar-refractivity contribution in [2.24, 2.45) is 0 Å². The van der Waals surface area contributed by atoms with Crippen LogP contribution in [0, 0.1) is 0 Å². The average Bonchev–Trinajstić information content (AvgIpc) is 3.38. The molecule has 0 saturated carbocycles. The molecule has 0 bridgehead atoms. The number of nitrogens with one attached hydrogen (secondary N) is 2. The fourth-order valence-corrected chi connectivity index (χ4v) is 2.34. The van der Waals surface area contributed by atoms with Crippen LogP contribution in [0.1, 0.15) is 10.6 Å². The van der Waals surface area contributed by atoms with Crippen molar-refractivity contribution in [3.8, 4) is 5.82 Å². The number of furan rings is 1. The van der Waals surface area contributed by atoms with E-state index in [0.29, 0.717) is 17.3 Å². The molecule has 26 heavy (non-hydrogen) atoms. The van der Waals surface area contributed by atoms with Gasteiger partial charge in [0.2, 0.25) is 0 Å². The molecule has 0 fully saturated rings. The number of hydrogen-bond acceptors (Lipinski definition) is 6. The second-order valence-corrected chi connectivity index (χ2v) is 5.37. The van der Waals surface area contributed by atoms with Gasteiger partial charge in [0.15, 0.2) is 5.76 Å². The quantitative estimate of drug-likeness (QED) is 0.576. The molecule has 0 atom stereocenters. The predicted molar refractivity (Wildman–Crippen MR) is 95.5 cm³/mol. The Morgan fingerprint density at radius 3 is 2.65 bits per heavy atom. The smallest absolute Gasteiger partial charge is 0.291 e. The van der Waals surface area contributed by atoms with Gasteiger partial charge in [-0.3, -0.25) is 9.36 Å². The van der Waals surface area contributed by atoms with Gasteiger partial charge in [-0.15, -0.1) is 0 Å². The van der Waals surface area contributed by atoms with Crippen molar-refractivity contribution in [2.75, 3.05) is 10.6 Å². The van der Waals surface area contributed by atoms with Gasteiger partial charge >= 0.3 is 0 Å². The van der Waals surface area contributed by atoms with Gasteiger partial charge in [-0.05, 0) is 36.4 Å². The lowest BCUT2D eigenvalue weighted by Crippen LogP contribution is -2.10. The van der Waals surface area contributed by atoms with Crippen molar-refractivity contribution in [1.29, 1.82) is 0 Å². The van der Waals surface area contributed by atoms with Crippen LogP contribution in [-0.2, 0) is 0 Å². The van der Waals surface area contributed by atoms with E-state index >= 15 is 0 Å². The predicted octanol–water partition coefficient (Wildman–Crippen LogP) is 3.25. The van der Waals surface area contributed by atoms with E-state index in [1.54, 1.807) is 41.4 Å². The zero-order valence-corrected chi connectivity index (χ0v) is 13.5. The molecule has 1 aromatic carbocycles. The molecule has 0 saturated heterocycles. The van der Waals surface area contributed by atoms with Gasteiger partial charge in [0.25, 0.3) is 5.91 Å². The van der Waals surface area contributed by atoms with Crippen LogP contribution >= 0.6 is 0 Å². The number of carbonyl (C=O) groups excluding carboxylic acids is 1. The first kappa shape index (κ1) is 15.6. The molecule has 0 spiro atoms. The number of anilines is 3. The van der Waals surface area contributed by atoms with E-state index in [0.717, 1.165) is 5.69 Å². The van der Waals surface area contributed by atoms with Crippen LogP contribution in [0.5, 0.6) is 0 Å². The third-order valence-corrected chi connectivity index (χ3v) is 3.58. The van der Waals surface area contributed by atoms with E-state index in [1.165, 1.54) is 12.6 Å². The Hall–Kier alpha value is -3.94. The van der Waals surface area contributed by atoms with Crippen LogP contribution in [0.3, 0.4) is 0 Å². The highest BCUT2D eigenvalue weighted by Crippen LogP contribution is 2.19. The zero-order chi connectivity index (χ0) is 17.8. The van der Waals surface area contributed by atoms with Crippen LogP contribution in [0.2, 0.25) is 0 Å². The number of amides is 1. The minimum Gasteiger partial charge on any atom is -0.459 e. The first-order valence-electron chi connectivity index (χ1n) is 7.80. The number of imidazole rings is 1. The van der Waals surface area contributed by atoms with Crippen molar-refractivity contribution in [3.05, 3.63) is 79.5 Å². The maximum Gasteiger partial charge on any atom is 0.291 e. The van der Waals surface area contributed by atoms with Gasteiger partial charge in [-0.25, -0.2) is 15.0 Å². The molecular weight excluding hydrogens is 332 g/mol. The third kappa shape index (κ3) is 3.44. The van der Waals surface area contributed by atoms with Crippen LogP contribution < -0.4 is 10.6 Å². The normalized spacial score (nSPS) is 10.5. The summed E-state index contributed by atoms with van der Waals surface area (Å²) < 4.78 is 6.86. The SMILES string of the molecule is O=C(Nc1ccc(Nc2cc(-n3ccnc3)ncn2)cc1)c1ccco1. The molecule has 0 aliphatic carbocycles. The van der Waals surface area contributed by atoms with Crippen LogP contribution in [0.4, 0.5) is 17.2 Å². The molecule has 2 N–H and O–H groups in total. The van der Waals surface area contributed by atoms with Crippen molar-refractivity contribution >= 4 is 23.1 Å². The number of benzene rings is 1. The van der Waals surface area contributed by atoms with Gasteiger partial charge < -0.3 is 15.1 Å². The lowest BCUT2D eigenvalue weighted by Gasteiger charge is -2.08. The highest BCUT2D eigenvalue weighted by molar-refractivity contribution is 6.02.